The molecular weight excluding hydrogens is 468 g/mol. The number of hydrogen-bond acceptors (Lipinski definition) is 9. The molecule has 0 radical (unpaired) electrons. The van der Waals surface area contributed by atoms with Gasteiger partial charge in [0.25, 0.3) is 0 Å². The predicted molar refractivity (Wildman–Crippen MR) is 123 cm³/mol. The highest BCUT2D eigenvalue weighted by atomic mass is 16.9. The molecular formula is C27H28O9. The molecule has 4 aliphatic heterocycles. The van der Waals surface area contributed by atoms with E-state index in [1.807, 2.05) is 19.9 Å². The molecule has 36 heavy (non-hydrogen) atoms. The molecule has 4 heterocycles. The first kappa shape index (κ1) is 23.6. The van der Waals surface area contributed by atoms with Crippen LogP contribution < -0.4 is 4.74 Å². The molecule has 3 fully saturated rings. The fourth-order valence-electron chi connectivity index (χ4n) is 5.65. The van der Waals surface area contributed by atoms with E-state index in [4.69, 9.17) is 33.2 Å². The number of rotatable bonds is 4. The third kappa shape index (κ3) is 3.42. The van der Waals surface area contributed by atoms with Gasteiger partial charge in [0, 0.05) is 5.56 Å². The zero-order valence-corrected chi connectivity index (χ0v) is 20.5. The Labute approximate surface area is 208 Å². The number of carbonyl (C=O) groups excluding carboxylic acids is 2. The van der Waals surface area contributed by atoms with Crippen LogP contribution in [0.5, 0.6) is 5.75 Å². The van der Waals surface area contributed by atoms with Crippen LogP contribution in [0.25, 0.3) is 0 Å². The van der Waals surface area contributed by atoms with Crippen LogP contribution in [-0.4, -0.2) is 60.8 Å². The number of hydrogen-bond donors (Lipinski definition) is 0. The van der Waals surface area contributed by atoms with Crippen molar-refractivity contribution in [3.8, 4) is 5.75 Å². The molecule has 3 saturated heterocycles. The number of ether oxygens (including phenoxy) is 7. The number of fused-ring (bicyclic) bond motifs is 4. The minimum Gasteiger partial charge on any atom is -0.458 e. The van der Waals surface area contributed by atoms with Gasteiger partial charge in [-0.15, -0.1) is 0 Å². The molecule has 9 nitrogen and oxygen atoms in total. The van der Waals surface area contributed by atoms with Crippen molar-refractivity contribution in [3.63, 3.8) is 0 Å². The number of para-hydroxylation sites is 1. The fraction of sp³-hybridized carbons (Fsp3) is 0.481. The zero-order chi connectivity index (χ0) is 25.3. The number of benzene rings is 2. The van der Waals surface area contributed by atoms with E-state index in [2.05, 4.69) is 0 Å². The largest absolute Gasteiger partial charge is 0.458 e. The van der Waals surface area contributed by atoms with Crippen molar-refractivity contribution < 1.29 is 42.7 Å². The van der Waals surface area contributed by atoms with Crippen molar-refractivity contribution in [2.24, 2.45) is 0 Å². The summed E-state index contributed by atoms with van der Waals surface area (Å²) in [6.07, 6.45) is -1.58. The van der Waals surface area contributed by atoms with Crippen molar-refractivity contribution in [1.29, 1.82) is 0 Å². The van der Waals surface area contributed by atoms with E-state index in [0.29, 0.717) is 16.9 Å². The quantitative estimate of drug-likeness (QED) is 0.359. The maximum atomic E-state index is 13.9. The molecule has 1 unspecified atom stereocenters. The highest BCUT2D eigenvalue weighted by Gasteiger charge is 2.67. The van der Waals surface area contributed by atoms with Crippen LogP contribution in [-0.2, 0) is 43.4 Å². The van der Waals surface area contributed by atoms with Crippen molar-refractivity contribution >= 4 is 11.9 Å². The van der Waals surface area contributed by atoms with Gasteiger partial charge >= 0.3 is 11.9 Å². The van der Waals surface area contributed by atoms with Crippen LogP contribution in [0.15, 0.2) is 54.6 Å². The fourth-order valence-corrected chi connectivity index (χ4v) is 5.65. The molecule has 4 aliphatic rings. The molecule has 0 spiro atoms. The van der Waals surface area contributed by atoms with Crippen molar-refractivity contribution in [3.05, 3.63) is 65.7 Å². The summed E-state index contributed by atoms with van der Waals surface area (Å²) >= 11 is 0. The lowest BCUT2D eigenvalue weighted by Gasteiger charge is -2.40. The molecule has 2 aromatic rings. The van der Waals surface area contributed by atoms with Gasteiger partial charge in [0.05, 0.1) is 6.61 Å². The van der Waals surface area contributed by atoms with E-state index in [-0.39, 0.29) is 19.3 Å². The molecule has 6 rings (SSSR count). The monoisotopic (exact) mass is 496 g/mol. The Morgan fingerprint density at radius 2 is 1.67 bits per heavy atom. The van der Waals surface area contributed by atoms with Crippen molar-refractivity contribution in [2.75, 3.05) is 13.2 Å². The van der Waals surface area contributed by atoms with Gasteiger partial charge in [0.2, 0.25) is 11.2 Å². The lowest BCUT2D eigenvalue weighted by atomic mass is 9.75. The SMILES string of the molecule is CC1(C)O[C@@H]2[C@@H](CO[C@@]3(COC(=O)C4(c5ccccc5)C(=O)Oc5ccccc54)OC(C)(C)O[C@@H]23)O1. The van der Waals surface area contributed by atoms with E-state index in [1.54, 1.807) is 62.4 Å². The van der Waals surface area contributed by atoms with E-state index in [0.717, 1.165) is 0 Å². The second kappa shape index (κ2) is 7.84. The normalized spacial score (nSPS) is 35.4. The molecule has 0 aliphatic carbocycles. The van der Waals surface area contributed by atoms with Crippen molar-refractivity contribution in [1.82, 2.24) is 0 Å². The first-order valence-electron chi connectivity index (χ1n) is 12.0. The van der Waals surface area contributed by atoms with Gasteiger partial charge in [-0.3, -0.25) is 4.79 Å². The summed E-state index contributed by atoms with van der Waals surface area (Å²) in [4.78, 5) is 27.3. The Bertz CT molecular complexity index is 1210. The first-order chi connectivity index (χ1) is 17.1. The highest BCUT2D eigenvalue weighted by Crippen LogP contribution is 2.49. The van der Waals surface area contributed by atoms with Gasteiger partial charge in [0.1, 0.15) is 30.7 Å². The summed E-state index contributed by atoms with van der Waals surface area (Å²) in [6.45, 7) is 6.99. The first-order valence-corrected chi connectivity index (χ1v) is 12.0. The van der Waals surface area contributed by atoms with Crippen LogP contribution in [0.4, 0.5) is 0 Å². The summed E-state index contributed by atoms with van der Waals surface area (Å²) in [5.74, 6) is -4.49. The Balaban J connectivity index is 1.34. The van der Waals surface area contributed by atoms with E-state index < -0.39 is 46.9 Å². The highest BCUT2D eigenvalue weighted by molar-refractivity contribution is 6.13. The third-order valence-electron chi connectivity index (χ3n) is 6.99. The maximum Gasteiger partial charge on any atom is 0.338 e. The lowest BCUT2D eigenvalue weighted by molar-refractivity contribution is -0.296. The number of carbonyl (C=O) groups is 2. The van der Waals surface area contributed by atoms with E-state index in [9.17, 15) is 9.59 Å². The molecule has 2 aromatic carbocycles. The van der Waals surface area contributed by atoms with Gasteiger partial charge < -0.3 is 33.2 Å². The predicted octanol–water partition coefficient (Wildman–Crippen LogP) is 2.83. The molecule has 0 saturated carbocycles. The van der Waals surface area contributed by atoms with Gasteiger partial charge in [-0.2, -0.15) is 0 Å². The Kier molecular flexibility index (Phi) is 5.13. The molecule has 190 valence electrons. The van der Waals surface area contributed by atoms with Crippen LogP contribution in [0.3, 0.4) is 0 Å². The molecule has 0 amide bonds. The van der Waals surface area contributed by atoms with Gasteiger partial charge in [-0.05, 0) is 39.3 Å². The van der Waals surface area contributed by atoms with Gasteiger partial charge in [-0.25, -0.2) is 4.79 Å². The standard InChI is InChI=1S/C27H28O9/c1-24(2)33-19-14-31-26(21(20(19)34-24)35-25(3,4)36-26)15-30-22(28)27(16-10-6-5-7-11-16)17-12-8-9-13-18(17)32-23(27)29/h5-13,19-21H,14-15H2,1-4H3/t19-,20-,21+,26+,27?/m1/s1. The van der Waals surface area contributed by atoms with Gasteiger partial charge in [-0.1, -0.05) is 48.5 Å². The summed E-state index contributed by atoms with van der Waals surface area (Å²) in [5.41, 5.74) is -0.921. The Hall–Kier alpha value is -2.82. The maximum absolute atomic E-state index is 13.9. The van der Waals surface area contributed by atoms with Crippen LogP contribution >= 0.6 is 0 Å². The van der Waals surface area contributed by atoms with Crippen molar-refractivity contribution in [2.45, 2.75) is 68.8 Å². The second-order valence-electron chi connectivity index (χ2n) is 10.4. The van der Waals surface area contributed by atoms with E-state index >= 15 is 0 Å². The number of esters is 2. The summed E-state index contributed by atoms with van der Waals surface area (Å²) < 4.78 is 42.0. The smallest absolute Gasteiger partial charge is 0.338 e. The molecule has 5 atom stereocenters. The average molecular weight is 497 g/mol. The molecule has 0 N–H and O–H groups in total. The van der Waals surface area contributed by atoms with Crippen LogP contribution in [0, 0.1) is 0 Å². The summed E-state index contributed by atoms with van der Waals surface area (Å²) in [6, 6.07) is 15.6. The third-order valence-corrected chi connectivity index (χ3v) is 6.99. The minimum absolute atomic E-state index is 0.163. The molecule has 0 aromatic heterocycles. The Morgan fingerprint density at radius 3 is 2.44 bits per heavy atom. The van der Waals surface area contributed by atoms with Gasteiger partial charge in [0.15, 0.2) is 11.6 Å². The summed E-state index contributed by atoms with van der Waals surface area (Å²) in [5, 5.41) is 0. The van der Waals surface area contributed by atoms with Crippen LogP contribution in [0.1, 0.15) is 38.8 Å². The van der Waals surface area contributed by atoms with E-state index in [1.165, 1.54) is 0 Å². The van der Waals surface area contributed by atoms with Crippen LogP contribution in [0.2, 0.25) is 0 Å². The lowest BCUT2D eigenvalue weighted by Crippen LogP contribution is -2.61. The molecule has 0 bridgehead atoms. The topological polar surface area (TPSA) is 98.8 Å². The molecule has 9 heteroatoms. The zero-order valence-electron chi connectivity index (χ0n) is 20.5. The average Bonchev–Trinajstić information content (AvgIpc) is 3.42. The minimum atomic E-state index is -1.79. The Morgan fingerprint density at radius 1 is 0.944 bits per heavy atom. The summed E-state index contributed by atoms with van der Waals surface area (Å²) in [7, 11) is 0. The second-order valence-corrected chi connectivity index (χ2v) is 10.4.